The van der Waals surface area contributed by atoms with E-state index in [1.54, 1.807) is 0 Å². The Bertz CT molecular complexity index is 799. The van der Waals surface area contributed by atoms with Crippen LogP contribution in [0.25, 0.3) is 6.08 Å². The summed E-state index contributed by atoms with van der Waals surface area (Å²) in [6, 6.07) is 20.2. The summed E-state index contributed by atoms with van der Waals surface area (Å²) in [6.07, 6.45) is 7.77. The first kappa shape index (κ1) is 17.3. The van der Waals surface area contributed by atoms with Gasteiger partial charge in [0, 0.05) is 11.6 Å². The fourth-order valence-corrected chi connectivity index (χ4v) is 4.52. The van der Waals surface area contributed by atoms with E-state index in [-0.39, 0.29) is 6.04 Å². The number of rotatable bonds is 3. The first-order chi connectivity index (χ1) is 12.7. The normalized spacial score (nSPS) is 25.5. The van der Waals surface area contributed by atoms with Crippen molar-refractivity contribution in [2.24, 2.45) is 0 Å². The van der Waals surface area contributed by atoms with E-state index in [1.165, 1.54) is 19.3 Å². The average molecular weight is 365 g/mol. The molecule has 1 saturated carbocycles. The van der Waals surface area contributed by atoms with Crippen LogP contribution in [0.1, 0.15) is 43.2 Å². The molecule has 1 heterocycles. The molecule has 0 amide bonds. The summed E-state index contributed by atoms with van der Waals surface area (Å²) in [6.45, 7) is 0. The van der Waals surface area contributed by atoms with Gasteiger partial charge in [-0.2, -0.15) is 0 Å². The first-order valence-electron chi connectivity index (χ1n) is 9.35. The van der Waals surface area contributed by atoms with Gasteiger partial charge >= 0.3 is 0 Å². The summed E-state index contributed by atoms with van der Waals surface area (Å²) in [5.41, 5.74) is 1.36. The van der Waals surface area contributed by atoms with Crippen LogP contribution in [0.2, 0.25) is 0 Å². The molecule has 3 nitrogen and oxygen atoms in total. The lowest BCUT2D eigenvalue weighted by atomic mass is 9.90. The Kier molecular flexibility index (Phi) is 4.79. The van der Waals surface area contributed by atoms with Crippen molar-refractivity contribution < 1.29 is 5.11 Å². The van der Waals surface area contributed by atoms with E-state index in [1.807, 2.05) is 71.6 Å². The molecule has 2 fully saturated rings. The van der Waals surface area contributed by atoms with Crippen LogP contribution in [-0.2, 0) is 5.72 Å². The largest absolute Gasteiger partial charge is 0.362 e. The topological polar surface area (TPSA) is 35.5 Å². The molecule has 1 atom stereocenters. The Morgan fingerprint density at radius 1 is 0.962 bits per heavy atom. The smallest absolute Gasteiger partial charge is 0.208 e. The van der Waals surface area contributed by atoms with Crippen LogP contribution in [0.15, 0.2) is 66.4 Å². The molecule has 4 rings (SSSR count). The number of hydrogen-bond donors (Lipinski definition) is 2. The summed E-state index contributed by atoms with van der Waals surface area (Å²) in [4.78, 5) is 2.03. The van der Waals surface area contributed by atoms with E-state index in [4.69, 9.17) is 12.2 Å². The fourth-order valence-electron chi connectivity index (χ4n) is 4.13. The predicted molar refractivity (Wildman–Crippen MR) is 109 cm³/mol. The van der Waals surface area contributed by atoms with Gasteiger partial charge in [-0.1, -0.05) is 79.9 Å². The monoisotopic (exact) mass is 364 g/mol. The maximum absolute atomic E-state index is 12.0. The number of nitrogens with one attached hydrogen (secondary N) is 1. The molecule has 0 radical (unpaired) electrons. The molecular weight excluding hydrogens is 340 g/mol. The lowest BCUT2D eigenvalue weighted by molar-refractivity contribution is -0.0552. The van der Waals surface area contributed by atoms with E-state index in [9.17, 15) is 5.11 Å². The summed E-state index contributed by atoms with van der Waals surface area (Å²) in [5.74, 6) is 0. The molecular formula is C22H24N2OS. The number of benzene rings is 2. The van der Waals surface area contributed by atoms with Gasteiger partial charge in [-0.3, -0.25) is 0 Å². The predicted octanol–water partition coefficient (Wildman–Crippen LogP) is 4.40. The minimum atomic E-state index is -1.25. The lowest BCUT2D eigenvalue weighted by Gasteiger charge is -2.41. The zero-order valence-corrected chi connectivity index (χ0v) is 15.6. The van der Waals surface area contributed by atoms with Crippen molar-refractivity contribution in [2.45, 2.75) is 43.9 Å². The van der Waals surface area contributed by atoms with E-state index in [0.717, 1.165) is 29.7 Å². The molecule has 1 aliphatic heterocycles. The van der Waals surface area contributed by atoms with Gasteiger partial charge in [0.1, 0.15) is 0 Å². The molecule has 26 heavy (non-hydrogen) atoms. The van der Waals surface area contributed by atoms with Crippen molar-refractivity contribution >= 4 is 23.4 Å². The van der Waals surface area contributed by atoms with Crippen LogP contribution < -0.4 is 5.32 Å². The van der Waals surface area contributed by atoms with Crippen LogP contribution in [0, 0.1) is 0 Å². The van der Waals surface area contributed by atoms with Crippen LogP contribution >= 0.6 is 12.2 Å². The summed E-state index contributed by atoms with van der Waals surface area (Å²) < 4.78 is 0. The first-order valence-corrected chi connectivity index (χ1v) is 9.76. The van der Waals surface area contributed by atoms with E-state index >= 15 is 0 Å². The lowest BCUT2D eigenvalue weighted by Crippen LogP contribution is -2.50. The van der Waals surface area contributed by atoms with Gasteiger partial charge in [-0.15, -0.1) is 0 Å². The second-order valence-electron chi connectivity index (χ2n) is 7.10. The van der Waals surface area contributed by atoms with Gasteiger partial charge in [0.2, 0.25) is 5.72 Å². The van der Waals surface area contributed by atoms with Crippen molar-refractivity contribution in [3.05, 3.63) is 77.5 Å². The number of hydrogen-bond acceptors (Lipinski definition) is 2. The minimum Gasteiger partial charge on any atom is -0.362 e. The Morgan fingerprint density at radius 2 is 1.58 bits per heavy atom. The zero-order valence-electron chi connectivity index (χ0n) is 14.8. The number of nitrogens with zero attached hydrogens (tertiary/aromatic N) is 1. The third-order valence-electron chi connectivity index (χ3n) is 5.41. The van der Waals surface area contributed by atoms with E-state index in [2.05, 4.69) is 5.32 Å². The van der Waals surface area contributed by atoms with Crippen LogP contribution in [-0.4, -0.2) is 21.2 Å². The minimum absolute atomic E-state index is 0.260. The van der Waals surface area contributed by atoms with Gasteiger partial charge in [0.25, 0.3) is 0 Å². The Hall–Kier alpha value is -2.17. The van der Waals surface area contributed by atoms with Crippen LogP contribution in [0.4, 0.5) is 0 Å². The summed E-state index contributed by atoms with van der Waals surface area (Å²) >= 11 is 5.68. The van der Waals surface area contributed by atoms with Gasteiger partial charge in [-0.25, -0.2) is 0 Å². The molecule has 0 spiro atoms. The van der Waals surface area contributed by atoms with Gasteiger partial charge in [-0.05, 0) is 36.7 Å². The Labute approximate surface area is 160 Å². The van der Waals surface area contributed by atoms with E-state index < -0.39 is 5.72 Å². The standard InChI is InChI=1S/C22H24N2OS/c25-22(18-12-6-2-7-13-18)20(16-17-10-4-1-5-11-17)23-21(26)24(22)19-14-8-3-9-15-19/h1-2,4-7,10-13,16,19,25H,3,8-9,14-15H2,(H,23,26)/b20-16-. The highest BCUT2D eigenvalue weighted by Gasteiger charge is 2.50. The highest BCUT2D eigenvalue weighted by atomic mass is 32.1. The average Bonchev–Trinajstić information content (AvgIpc) is 2.95. The second-order valence-corrected chi connectivity index (χ2v) is 7.49. The van der Waals surface area contributed by atoms with Gasteiger partial charge < -0.3 is 15.3 Å². The quantitative estimate of drug-likeness (QED) is 0.792. The fraction of sp³-hybridized carbons (Fsp3) is 0.318. The Morgan fingerprint density at radius 3 is 2.23 bits per heavy atom. The second kappa shape index (κ2) is 7.22. The van der Waals surface area contributed by atoms with Crippen LogP contribution in [0.3, 0.4) is 0 Å². The molecule has 1 unspecified atom stereocenters. The molecule has 2 aliphatic rings. The van der Waals surface area contributed by atoms with E-state index in [0.29, 0.717) is 5.11 Å². The van der Waals surface area contributed by atoms with Gasteiger partial charge in [0.15, 0.2) is 5.11 Å². The van der Waals surface area contributed by atoms with Crippen molar-refractivity contribution in [3.63, 3.8) is 0 Å². The SMILES string of the molecule is OC1(c2ccccc2)/C(=C/c2ccccc2)NC(=S)N1C1CCCCC1. The molecule has 4 heteroatoms. The molecule has 1 aliphatic carbocycles. The molecule has 0 bridgehead atoms. The van der Waals surface area contributed by atoms with Crippen molar-refractivity contribution in [3.8, 4) is 0 Å². The summed E-state index contributed by atoms with van der Waals surface area (Å²) in [7, 11) is 0. The molecule has 134 valence electrons. The van der Waals surface area contributed by atoms with Crippen molar-refractivity contribution in [2.75, 3.05) is 0 Å². The summed E-state index contributed by atoms with van der Waals surface area (Å²) in [5, 5.41) is 15.9. The Balaban J connectivity index is 1.81. The van der Waals surface area contributed by atoms with Gasteiger partial charge in [0.05, 0.1) is 5.70 Å². The third-order valence-corrected chi connectivity index (χ3v) is 5.71. The number of thiocarbonyl (C=S) groups is 1. The van der Waals surface area contributed by atoms with Crippen LogP contribution in [0.5, 0.6) is 0 Å². The molecule has 2 N–H and O–H groups in total. The molecule has 2 aromatic rings. The van der Waals surface area contributed by atoms with Crippen molar-refractivity contribution in [1.29, 1.82) is 0 Å². The van der Waals surface area contributed by atoms with Crippen molar-refractivity contribution in [1.82, 2.24) is 10.2 Å². The molecule has 0 aromatic heterocycles. The highest BCUT2D eigenvalue weighted by Crippen LogP contribution is 2.42. The molecule has 1 saturated heterocycles. The number of aliphatic hydroxyl groups is 1. The zero-order chi connectivity index (χ0) is 18.0. The molecule has 2 aromatic carbocycles. The maximum Gasteiger partial charge on any atom is 0.208 e. The third kappa shape index (κ3) is 3.04. The highest BCUT2D eigenvalue weighted by molar-refractivity contribution is 7.80. The maximum atomic E-state index is 12.0.